The molecule has 28 heavy (non-hydrogen) atoms. The number of aryl methyl sites for hydroxylation is 1. The molecule has 0 aliphatic rings. The van der Waals surface area contributed by atoms with Gasteiger partial charge < -0.3 is 4.74 Å². The lowest BCUT2D eigenvalue weighted by atomic mass is 9.96. The number of ether oxygens (including phenoxy) is 1. The number of nitrogens with zero attached hydrogens (tertiary/aromatic N) is 1. The number of benzene rings is 3. The van der Waals surface area contributed by atoms with Gasteiger partial charge in [-0.05, 0) is 47.5 Å². The zero-order valence-corrected chi connectivity index (χ0v) is 17.0. The first-order valence-corrected chi connectivity index (χ1v) is 9.75. The number of hydrogen-bond donors (Lipinski definition) is 0. The Morgan fingerprint density at radius 3 is 2.64 bits per heavy atom. The van der Waals surface area contributed by atoms with E-state index in [-0.39, 0.29) is 12.6 Å². The van der Waals surface area contributed by atoms with Crippen LogP contribution in [0.25, 0.3) is 32.9 Å². The smallest absolute Gasteiger partial charge is 0.339 e. The highest BCUT2D eigenvalue weighted by Crippen LogP contribution is 2.33. The molecule has 0 saturated heterocycles. The van der Waals surface area contributed by atoms with Crippen molar-refractivity contribution in [3.8, 4) is 11.3 Å². The SMILES string of the molecule is C=CCOC(=O)c1cc(-c2ccc(C)c3ccccc23)nc2ccc(Br)cc12. The van der Waals surface area contributed by atoms with E-state index in [1.165, 1.54) is 10.9 Å². The van der Waals surface area contributed by atoms with E-state index in [0.29, 0.717) is 5.56 Å². The fraction of sp³-hybridized carbons (Fsp3) is 0.0833. The van der Waals surface area contributed by atoms with Crippen LogP contribution in [0.4, 0.5) is 0 Å². The number of rotatable bonds is 4. The molecule has 0 amide bonds. The molecule has 4 rings (SSSR count). The highest BCUT2D eigenvalue weighted by molar-refractivity contribution is 9.10. The molecule has 0 aliphatic heterocycles. The normalized spacial score (nSPS) is 10.9. The van der Waals surface area contributed by atoms with Crippen LogP contribution in [0.2, 0.25) is 0 Å². The topological polar surface area (TPSA) is 39.2 Å². The lowest BCUT2D eigenvalue weighted by molar-refractivity contribution is 0.0552. The van der Waals surface area contributed by atoms with Gasteiger partial charge in [0.2, 0.25) is 0 Å². The van der Waals surface area contributed by atoms with Crippen molar-refractivity contribution in [3.05, 3.63) is 88.9 Å². The molecule has 0 unspecified atom stereocenters. The van der Waals surface area contributed by atoms with E-state index in [0.717, 1.165) is 32.0 Å². The zero-order chi connectivity index (χ0) is 19.7. The summed E-state index contributed by atoms with van der Waals surface area (Å²) in [5, 5.41) is 3.04. The molecular weight excluding hydrogens is 414 g/mol. The summed E-state index contributed by atoms with van der Waals surface area (Å²) < 4.78 is 6.21. The summed E-state index contributed by atoms with van der Waals surface area (Å²) in [5.74, 6) is -0.386. The Kier molecular flexibility index (Phi) is 4.97. The number of aromatic nitrogens is 1. The van der Waals surface area contributed by atoms with Gasteiger partial charge in [0.1, 0.15) is 6.61 Å². The van der Waals surface area contributed by atoms with Crippen molar-refractivity contribution >= 4 is 43.6 Å². The number of hydrogen-bond acceptors (Lipinski definition) is 3. The fourth-order valence-electron chi connectivity index (χ4n) is 3.39. The summed E-state index contributed by atoms with van der Waals surface area (Å²) in [7, 11) is 0. The van der Waals surface area contributed by atoms with Crippen molar-refractivity contribution in [2.24, 2.45) is 0 Å². The fourth-order valence-corrected chi connectivity index (χ4v) is 3.75. The van der Waals surface area contributed by atoms with Gasteiger partial charge in [-0.3, -0.25) is 0 Å². The number of carbonyl (C=O) groups is 1. The van der Waals surface area contributed by atoms with Crippen LogP contribution in [-0.2, 0) is 4.74 Å². The summed E-state index contributed by atoms with van der Waals surface area (Å²) >= 11 is 3.48. The van der Waals surface area contributed by atoms with Crippen LogP contribution in [0.15, 0.2) is 77.8 Å². The number of esters is 1. The van der Waals surface area contributed by atoms with Crippen molar-refractivity contribution in [1.82, 2.24) is 4.98 Å². The lowest BCUT2D eigenvalue weighted by Gasteiger charge is -2.12. The standard InChI is InChI=1S/C24H18BrNO2/c1-3-12-28-24(27)21-14-23(26-22-11-9-16(25)13-20(21)22)19-10-8-15(2)17-6-4-5-7-18(17)19/h3-11,13-14H,1,12H2,2H3. The zero-order valence-electron chi connectivity index (χ0n) is 15.4. The average molecular weight is 432 g/mol. The molecule has 0 spiro atoms. The third-order valence-electron chi connectivity index (χ3n) is 4.74. The summed E-state index contributed by atoms with van der Waals surface area (Å²) in [6.45, 7) is 5.87. The lowest BCUT2D eigenvalue weighted by Crippen LogP contribution is -2.07. The number of pyridine rings is 1. The van der Waals surface area contributed by atoms with E-state index in [1.807, 2.05) is 36.4 Å². The van der Waals surface area contributed by atoms with Crippen molar-refractivity contribution in [2.45, 2.75) is 6.92 Å². The van der Waals surface area contributed by atoms with Gasteiger partial charge >= 0.3 is 5.97 Å². The van der Waals surface area contributed by atoms with Gasteiger partial charge in [0.15, 0.2) is 0 Å². The Hall–Kier alpha value is -2.98. The first-order chi connectivity index (χ1) is 13.6. The maximum Gasteiger partial charge on any atom is 0.339 e. The maximum absolute atomic E-state index is 12.7. The molecule has 0 bridgehead atoms. The number of fused-ring (bicyclic) bond motifs is 2. The maximum atomic E-state index is 12.7. The first kappa shape index (κ1) is 18.4. The molecule has 3 nitrogen and oxygen atoms in total. The largest absolute Gasteiger partial charge is 0.458 e. The molecule has 1 aromatic heterocycles. The highest BCUT2D eigenvalue weighted by atomic mass is 79.9. The monoisotopic (exact) mass is 431 g/mol. The molecular formula is C24H18BrNO2. The molecule has 0 aliphatic carbocycles. The van der Waals surface area contributed by atoms with Gasteiger partial charge in [0.05, 0.1) is 16.8 Å². The van der Waals surface area contributed by atoms with Crippen LogP contribution >= 0.6 is 15.9 Å². The molecule has 138 valence electrons. The Morgan fingerprint density at radius 2 is 1.86 bits per heavy atom. The number of halogens is 1. The second kappa shape index (κ2) is 7.56. The van der Waals surface area contributed by atoms with Crippen LogP contribution in [-0.4, -0.2) is 17.6 Å². The van der Waals surface area contributed by atoms with Gasteiger partial charge in [-0.15, -0.1) is 0 Å². The minimum absolute atomic E-state index is 0.166. The van der Waals surface area contributed by atoms with E-state index in [1.54, 1.807) is 6.08 Å². The van der Waals surface area contributed by atoms with Crippen molar-refractivity contribution in [2.75, 3.05) is 6.61 Å². The van der Waals surface area contributed by atoms with Crippen LogP contribution in [0.5, 0.6) is 0 Å². The predicted molar refractivity (Wildman–Crippen MR) is 118 cm³/mol. The molecule has 0 N–H and O–H groups in total. The van der Waals surface area contributed by atoms with Gasteiger partial charge in [0, 0.05) is 15.4 Å². The van der Waals surface area contributed by atoms with E-state index >= 15 is 0 Å². The molecule has 0 fully saturated rings. The first-order valence-electron chi connectivity index (χ1n) is 8.95. The minimum Gasteiger partial charge on any atom is -0.458 e. The van der Waals surface area contributed by atoms with E-state index in [9.17, 15) is 4.79 Å². The quantitative estimate of drug-likeness (QED) is 0.274. The average Bonchev–Trinajstić information content (AvgIpc) is 2.72. The third-order valence-corrected chi connectivity index (χ3v) is 5.23. The van der Waals surface area contributed by atoms with Gasteiger partial charge in [-0.2, -0.15) is 0 Å². The summed E-state index contributed by atoms with van der Waals surface area (Å²) in [6, 6.07) is 19.9. The summed E-state index contributed by atoms with van der Waals surface area (Å²) in [5.41, 5.74) is 4.18. The van der Waals surface area contributed by atoms with Gasteiger partial charge in [-0.1, -0.05) is 65.0 Å². The Labute approximate surface area is 171 Å². The van der Waals surface area contributed by atoms with Crippen molar-refractivity contribution in [3.63, 3.8) is 0 Å². The van der Waals surface area contributed by atoms with Gasteiger partial charge in [-0.25, -0.2) is 9.78 Å². The summed E-state index contributed by atoms with van der Waals surface area (Å²) in [6.07, 6.45) is 1.56. The summed E-state index contributed by atoms with van der Waals surface area (Å²) in [4.78, 5) is 17.6. The third kappa shape index (κ3) is 3.32. The second-order valence-electron chi connectivity index (χ2n) is 6.58. The molecule has 0 radical (unpaired) electrons. The molecule has 4 aromatic rings. The van der Waals surface area contributed by atoms with E-state index < -0.39 is 0 Å². The van der Waals surface area contributed by atoms with E-state index in [4.69, 9.17) is 9.72 Å². The van der Waals surface area contributed by atoms with E-state index in [2.05, 4.69) is 53.7 Å². The van der Waals surface area contributed by atoms with Gasteiger partial charge in [0.25, 0.3) is 0 Å². The highest BCUT2D eigenvalue weighted by Gasteiger charge is 2.17. The Bertz CT molecular complexity index is 1230. The van der Waals surface area contributed by atoms with Crippen molar-refractivity contribution in [1.29, 1.82) is 0 Å². The molecule has 0 saturated carbocycles. The number of carbonyl (C=O) groups excluding carboxylic acids is 1. The molecule has 0 atom stereocenters. The molecule has 1 heterocycles. The Morgan fingerprint density at radius 1 is 1.07 bits per heavy atom. The molecule has 4 heteroatoms. The van der Waals surface area contributed by atoms with Crippen LogP contribution in [0.3, 0.4) is 0 Å². The minimum atomic E-state index is -0.386. The van der Waals surface area contributed by atoms with Crippen LogP contribution in [0.1, 0.15) is 15.9 Å². The van der Waals surface area contributed by atoms with Crippen LogP contribution < -0.4 is 0 Å². The molecule has 3 aromatic carbocycles. The van der Waals surface area contributed by atoms with Crippen molar-refractivity contribution < 1.29 is 9.53 Å². The Balaban J connectivity index is 1.99. The predicted octanol–water partition coefficient (Wildman–Crippen LogP) is 6.47. The second-order valence-corrected chi connectivity index (χ2v) is 7.49. The van der Waals surface area contributed by atoms with Crippen LogP contribution in [0, 0.1) is 6.92 Å².